The molecule has 4 heteroatoms. The number of hydrogen-bond donors (Lipinski definition) is 0. The lowest BCUT2D eigenvalue weighted by atomic mass is 10.1. The second kappa shape index (κ2) is 4.37. The Kier molecular flexibility index (Phi) is 3.10. The molecular formula is C12H19N3O. The van der Waals surface area contributed by atoms with Crippen molar-refractivity contribution in [2.45, 2.75) is 33.4 Å². The maximum absolute atomic E-state index is 11.1. The van der Waals surface area contributed by atoms with Gasteiger partial charge in [0.1, 0.15) is 5.69 Å². The Morgan fingerprint density at radius 3 is 2.88 bits per heavy atom. The molecule has 16 heavy (non-hydrogen) atoms. The van der Waals surface area contributed by atoms with Gasteiger partial charge < -0.3 is 4.90 Å². The van der Waals surface area contributed by atoms with Gasteiger partial charge in [-0.15, -0.1) is 0 Å². The predicted octanol–water partition coefficient (Wildman–Crippen LogP) is 1.34. The molecule has 0 radical (unpaired) electrons. The van der Waals surface area contributed by atoms with Gasteiger partial charge in [-0.2, -0.15) is 5.10 Å². The molecule has 1 aromatic heterocycles. The highest BCUT2D eigenvalue weighted by Gasteiger charge is 2.22. The average molecular weight is 221 g/mol. The van der Waals surface area contributed by atoms with Crippen LogP contribution in [0.5, 0.6) is 0 Å². The van der Waals surface area contributed by atoms with Crippen molar-refractivity contribution in [1.29, 1.82) is 0 Å². The molecule has 0 atom stereocenters. The van der Waals surface area contributed by atoms with E-state index >= 15 is 0 Å². The summed E-state index contributed by atoms with van der Waals surface area (Å²) in [6.45, 7) is 6.98. The van der Waals surface area contributed by atoms with Crippen LogP contribution in [0.15, 0.2) is 0 Å². The minimum absolute atomic E-state index is 0.512. The summed E-state index contributed by atoms with van der Waals surface area (Å²) in [6.07, 6.45) is 1.90. The van der Waals surface area contributed by atoms with E-state index in [9.17, 15) is 4.79 Å². The molecule has 0 aromatic carbocycles. The highest BCUT2D eigenvalue weighted by molar-refractivity contribution is 5.75. The van der Waals surface area contributed by atoms with E-state index in [1.54, 1.807) is 0 Å². The van der Waals surface area contributed by atoms with E-state index in [1.165, 1.54) is 0 Å². The minimum atomic E-state index is 0.512. The lowest BCUT2D eigenvalue weighted by Crippen LogP contribution is -2.26. The molecule has 1 aliphatic heterocycles. The van der Waals surface area contributed by atoms with E-state index in [0.29, 0.717) is 5.92 Å². The quantitative estimate of drug-likeness (QED) is 0.723. The van der Waals surface area contributed by atoms with Gasteiger partial charge in [0.05, 0.1) is 5.69 Å². The van der Waals surface area contributed by atoms with Crippen molar-refractivity contribution in [2.24, 2.45) is 5.92 Å². The number of hydrogen-bond acceptors (Lipinski definition) is 3. The van der Waals surface area contributed by atoms with Crippen LogP contribution in [0.1, 0.15) is 35.6 Å². The largest absolute Gasteiger partial charge is 0.300 e. The van der Waals surface area contributed by atoms with Gasteiger partial charge in [-0.1, -0.05) is 13.8 Å². The van der Waals surface area contributed by atoms with Gasteiger partial charge in [0.15, 0.2) is 6.29 Å². The zero-order chi connectivity index (χ0) is 11.7. The number of aldehydes is 1. The van der Waals surface area contributed by atoms with E-state index < -0.39 is 0 Å². The molecule has 2 heterocycles. The van der Waals surface area contributed by atoms with Crippen molar-refractivity contribution >= 4 is 6.29 Å². The number of nitrogens with zero attached hydrogens (tertiary/aromatic N) is 3. The van der Waals surface area contributed by atoms with Crippen LogP contribution >= 0.6 is 0 Å². The molecule has 0 saturated carbocycles. The third-order valence-electron chi connectivity index (χ3n) is 2.99. The van der Waals surface area contributed by atoms with Crippen LogP contribution in [-0.2, 0) is 19.5 Å². The van der Waals surface area contributed by atoms with Gasteiger partial charge in [-0.3, -0.25) is 9.48 Å². The SMILES string of the molecule is CC(C)Cn1nc2c(c1C=O)CCN(C)C2. The fourth-order valence-electron chi connectivity index (χ4n) is 2.22. The van der Waals surface area contributed by atoms with Crippen LogP contribution in [0.3, 0.4) is 0 Å². The van der Waals surface area contributed by atoms with Crippen molar-refractivity contribution in [3.05, 3.63) is 17.0 Å². The molecule has 2 rings (SSSR count). The lowest BCUT2D eigenvalue weighted by molar-refractivity contribution is 0.111. The van der Waals surface area contributed by atoms with E-state index in [0.717, 1.165) is 49.3 Å². The molecule has 0 aliphatic carbocycles. The Morgan fingerprint density at radius 1 is 1.50 bits per heavy atom. The maximum Gasteiger partial charge on any atom is 0.168 e. The normalized spacial score (nSPS) is 16.5. The minimum Gasteiger partial charge on any atom is -0.300 e. The van der Waals surface area contributed by atoms with Crippen molar-refractivity contribution < 1.29 is 4.79 Å². The van der Waals surface area contributed by atoms with Crippen LogP contribution in [-0.4, -0.2) is 34.6 Å². The zero-order valence-electron chi connectivity index (χ0n) is 10.2. The first-order chi connectivity index (χ1) is 7.61. The van der Waals surface area contributed by atoms with E-state index in [2.05, 4.69) is 30.9 Å². The second-order valence-electron chi connectivity index (χ2n) is 4.99. The average Bonchev–Trinajstić information content (AvgIpc) is 2.52. The first-order valence-electron chi connectivity index (χ1n) is 5.84. The summed E-state index contributed by atoms with van der Waals surface area (Å²) in [5.41, 5.74) is 3.03. The molecule has 88 valence electrons. The number of rotatable bonds is 3. The van der Waals surface area contributed by atoms with Crippen LogP contribution in [0.4, 0.5) is 0 Å². The third-order valence-corrected chi connectivity index (χ3v) is 2.99. The van der Waals surface area contributed by atoms with Gasteiger partial charge >= 0.3 is 0 Å². The number of aromatic nitrogens is 2. The predicted molar refractivity (Wildman–Crippen MR) is 62.5 cm³/mol. The Balaban J connectivity index is 2.36. The van der Waals surface area contributed by atoms with Gasteiger partial charge in [0, 0.05) is 25.2 Å². The summed E-state index contributed by atoms with van der Waals surface area (Å²) in [5.74, 6) is 0.512. The van der Waals surface area contributed by atoms with Gasteiger partial charge in [-0.25, -0.2) is 0 Å². The number of likely N-dealkylation sites (N-methyl/N-ethyl adjacent to an activating group) is 1. The number of fused-ring (bicyclic) bond motifs is 1. The van der Waals surface area contributed by atoms with E-state index in [1.807, 2.05) is 4.68 Å². The van der Waals surface area contributed by atoms with Crippen LogP contribution in [0, 0.1) is 5.92 Å². The van der Waals surface area contributed by atoms with Crippen molar-refractivity contribution in [2.75, 3.05) is 13.6 Å². The fourth-order valence-corrected chi connectivity index (χ4v) is 2.22. The number of carbonyl (C=O) groups is 1. The number of carbonyl (C=O) groups excluding carboxylic acids is 1. The maximum atomic E-state index is 11.1. The molecule has 0 bridgehead atoms. The van der Waals surface area contributed by atoms with Crippen molar-refractivity contribution in [3.8, 4) is 0 Å². The third kappa shape index (κ3) is 2.02. The zero-order valence-corrected chi connectivity index (χ0v) is 10.2. The lowest BCUT2D eigenvalue weighted by Gasteiger charge is -2.20. The van der Waals surface area contributed by atoms with Gasteiger partial charge in [-0.05, 0) is 19.4 Å². The van der Waals surface area contributed by atoms with Gasteiger partial charge in [0.25, 0.3) is 0 Å². The molecule has 1 aliphatic rings. The molecule has 0 amide bonds. The van der Waals surface area contributed by atoms with Crippen LogP contribution < -0.4 is 0 Å². The monoisotopic (exact) mass is 221 g/mol. The van der Waals surface area contributed by atoms with E-state index in [4.69, 9.17) is 0 Å². The summed E-state index contributed by atoms with van der Waals surface area (Å²) >= 11 is 0. The summed E-state index contributed by atoms with van der Waals surface area (Å²) in [4.78, 5) is 13.4. The first kappa shape index (κ1) is 11.3. The fraction of sp³-hybridized carbons (Fsp3) is 0.667. The first-order valence-corrected chi connectivity index (χ1v) is 5.84. The molecule has 0 spiro atoms. The molecule has 1 aromatic rings. The molecule has 0 saturated heterocycles. The molecule has 0 fully saturated rings. The topological polar surface area (TPSA) is 38.1 Å². The highest BCUT2D eigenvalue weighted by Crippen LogP contribution is 2.20. The molecule has 0 N–H and O–H groups in total. The van der Waals surface area contributed by atoms with Crippen molar-refractivity contribution in [1.82, 2.24) is 14.7 Å². The van der Waals surface area contributed by atoms with Gasteiger partial charge in [0.2, 0.25) is 0 Å². The van der Waals surface area contributed by atoms with E-state index in [-0.39, 0.29) is 0 Å². The summed E-state index contributed by atoms with van der Waals surface area (Å²) in [6, 6.07) is 0. The summed E-state index contributed by atoms with van der Waals surface area (Å²) in [5, 5.41) is 4.56. The van der Waals surface area contributed by atoms with Crippen LogP contribution in [0.2, 0.25) is 0 Å². The van der Waals surface area contributed by atoms with Crippen molar-refractivity contribution in [3.63, 3.8) is 0 Å². The Hall–Kier alpha value is -1.16. The second-order valence-corrected chi connectivity index (χ2v) is 4.99. The summed E-state index contributed by atoms with van der Waals surface area (Å²) in [7, 11) is 2.09. The Labute approximate surface area is 96.2 Å². The summed E-state index contributed by atoms with van der Waals surface area (Å²) < 4.78 is 1.88. The smallest absolute Gasteiger partial charge is 0.168 e. The Bertz CT molecular complexity index is 395. The van der Waals surface area contributed by atoms with Crippen LogP contribution in [0.25, 0.3) is 0 Å². The molecule has 0 unspecified atom stereocenters. The Morgan fingerprint density at radius 2 is 2.25 bits per heavy atom. The highest BCUT2D eigenvalue weighted by atomic mass is 16.1. The standard InChI is InChI=1S/C12H19N3O/c1-9(2)6-15-12(8-16)10-4-5-14(3)7-11(10)13-15/h8-9H,4-7H2,1-3H3. The molecular weight excluding hydrogens is 202 g/mol. The molecule has 4 nitrogen and oxygen atoms in total.